The summed E-state index contributed by atoms with van der Waals surface area (Å²) in [5, 5.41) is 9.64. The van der Waals surface area contributed by atoms with Crippen molar-refractivity contribution in [2.75, 3.05) is 18.0 Å². The van der Waals surface area contributed by atoms with Crippen LogP contribution in [-0.4, -0.2) is 24.3 Å². The van der Waals surface area contributed by atoms with E-state index < -0.39 is 11.6 Å². The van der Waals surface area contributed by atoms with Crippen LogP contribution in [0.25, 0.3) is 0 Å². The smallest absolute Gasteiger partial charge is 0.182 e. The first-order chi connectivity index (χ1) is 8.54. The minimum atomic E-state index is -0.867. The molecule has 1 fully saturated rings. The second-order valence-corrected chi connectivity index (χ2v) is 4.86. The highest BCUT2D eigenvalue weighted by molar-refractivity contribution is 5.50. The topological polar surface area (TPSA) is 49.5 Å². The van der Waals surface area contributed by atoms with Crippen molar-refractivity contribution in [1.29, 1.82) is 0 Å². The lowest BCUT2D eigenvalue weighted by Gasteiger charge is -2.36. The van der Waals surface area contributed by atoms with Gasteiger partial charge in [-0.2, -0.15) is 0 Å². The molecule has 0 spiro atoms. The molecule has 0 aliphatic carbocycles. The van der Waals surface area contributed by atoms with E-state index in [0.29, 0.717) is 19.5 Å². The van der Waals surface area contributed by atoms with Crippen molar-refractivity contribution >= 4 is 5.69 Å². The summed E-state index contributed by atoms with van der Waals surface area (Å²) < 4.78 is 27.6. The first-order valence-electron chi connectivity index (χ1n) is 6.14. The molecule has 18 heavy (non-hydrogen) atoms. The maximum Gasteiger partial charge on any atom is 0.182 e. The van der Waals surface area contributed by atoms with E-state index in [-0.39, 0.29) is 29.8 Å². The third-order valence-electron chi connectivity index (χ3n) is 3.56. The van der Waals surface area contributed by atoms with Gasteiger partial charge in [-0.25, -0.2) is 8.78 Å². The first-order valence-corrected chi connectivity index (χ1v) is 6.14. The molecule has 1 aromatic rings. The molecule has 0 bridgehead atoms. The maximum atomic E-state index is 13.9. The van der Waals surface area contributed by atoms with Crippen LogP contribution in [0.3, 0.4) is 0 Å². The zero-order chi connectivity index (χ0) is 13.3. The molecule has 1 aliphatic rings. The summed E-state index contributed by atoms with van der Waals surface area (Å²) in [5.74, 6) is -1.66. The van der Waals surface area contributed by atoms with Crippen molar-refractivity contribution in [3.63, 3.8) is 0 Å². The van der Waals surface area contributed by atoms with E-state index in [1.807, 2.05) is 6.92 Å². The van der Waals surface area contributed by atoms with Crippen LogP contribution in [0.2, 0.25) is 0 Å². The Morgan fingerprint density at radius 2 is 2.11 bits per heavy atom. The fourth-order valence-corrected chi connectivity index (χ4v) is 2.33. The zero-order valence-corrected chi connectivity index (χ0v) is 10.4. The highest BCUT2D eigenvalue weighted by Gasteiger charge is 2.27. The molecular weight excluding hydrogens is 238 g/mol. The van der Waals surface area contributed by atoms with Gasteiger partial charge in [0.15, 0.2) is 11.6 Å². The molecule has 2 atom stereocenters. The fourth-order valence-electron chi connectivity index (χ4n) is 2.33. The summed E-state index contributed by atoms with van der Waals surface area (Å²) in [6.07, 6.45) is 0.207. The van der Waals surface area contributed by atoms with Crippen LogP contribution in [0.1, 0.15) is 18.9 Å². The van der Waals surface area contributed by atoms with Crippen molar-refractivity contribution in [2.45, 2.75) is 26.0 Å². The molecule has 1 aliphatic heterocycles. The molecular formula is C13H18F2N2O. The molecule has 0 radical (unpaired) electrons. The van der Waals surface area contributed by atoms with Gasteiger partial charge in [0.2, 0.25) is 0 Å². The number of halogens is 2. The Morgan fingerprint density at radius 1 is 1.39 bits per heavy atom. The molecule has 5 heteroatoms. The summed E-state index contributed by atoms with van der Waals surface area (Å²) >= 11 is 0. The van der Waals surface area contributed by atoms with Crippen LogP contribution >= 0.6 is 0 Å². The van der Waals surface area contributed by atoms with Crippen molar-refractivity contribution in [1.82, 2.24) is 0 Å². The van der Waals surface area contributed by atoms with Gasteiger partial charge in [0.1, 0.15) is 0 Å². The van der Waals surface area contributed by atoms with Crippen LogP contribution < -0.4 is 10.6 Å². The van der Waals surface area contributed by atoms with Crippen molar-refractivity contribution in [3.8, 4) is 0 Å². The second-order valence-electron chi connectivity index (χ2n) is 4.86. The summed E-state index contributed by atoms with van der Waals surface area (Å²) in [5.41, 5.74) is 5.77. The first kappa shape index (κ1) is 13.2. The fraction of sp³-hybridized carbons (Fsp3) is 0.538. The Morgan fingerprint density at radius 3 is 2.72 bits per heavy atom. The summed E-state index contributed by atoms with van der Waals surface area (Å²) in [4.78, 5) is 1.77. The highest BCUT2D eigenvalue weighted by Crippen LogP contribution is 2.28. The Hall–Kier alpha value is -1.20. The van der Waals surface area contributed by atoms with E-state index in [1.165, 1.54) is 6.07 Å². The minimum Gasteiger partial charge on any atom is -0.393 e. The average molecular weight is 256 g/mol. The zero-order valence-electron chi connectivity index (χ0n) is 10.4. The maximum absolute atomic E-state index is 13.9. The molecule has 1 heterocycles. The number of nitrogens with two attached hydrogens (primary N) is 1. The SMILES string of the molecule is CC1CN(c2ccc(CN)c(F)c2F)CCC1O. The molecule has 1 aromatic carbocycles. The lowest BCUT2D eigenvalue weighted by atomic mass is 9.96. The number of benzene rings is 1. The average Bonchev–Trinajstić information content (AvgIpc) is 2.36. The number of rotatable bonds is 2. The summed E-state index contributed by atoms with van der Waals surface area (Å²) in [7, 11) is 0. The van der Waals surface area contributed by atoms with Gasteiger partial charge in [-0.1, -0.05) is 13.0 Å². The van der Waals surface area contributed by atoms with Gasteiger partial charge in [-0.15, -0.1) is 0 Å². The molecule has 1 saturated heterocycles. The van der Waals surface area contributed by atoms with Gasteiger partial charge in [0.05, 0.1) is 11.8 Å². The van der Waals surface area contributed by atoms with E-state index in [1.54, 1.807) is 11.0 Å². The van der Waals surface area contributed by atoms with Crippen LogP contribution in [0.5, 0.6) is 0 Å². The van der Waals surface area contributed by atoms with Gasteiger partial charge in [-0.3, -0.25) is 0 Å². The molecule has 2 unspecified atom stereocenters. The Kier molecular flexibility index (Phi) is 3.82. The normalized spacial score (nSPS) is 24.4. The number of aliphatic hydroxyl groups is 1. The largest absolute Gasteiger partial charge is 0.393 e. The van der Waals surface area contributed by atoms with Crippen LogP contribution in [-0.2, 0) is 6.54 Å². The van der Waals surface area contributed by atoms with E-state index in [2.05, 4.69) is 0 Å². The Labute approximate surface area is 105 Å². The van der Waals surface area contributed by atoms with Gasteiger partial charge >= 0.3 is 0 Å². The monoisotopic (exact) mass is 256 g/mol. The molecule has 100 valence electrons. The van der Waals surface area contributed by atoms with Gasteiger partial charge in [-0.05, 0) is 18.4 Å². The van der Waals surface area contributed by atoms with Gasteiger partial charge in [0, 0.05) is 25.2 Å². The number of piperidine rings is 1. The molecule has 3 N–H and O–H groups in total. The van der Waals surface area contributed by atoms with Crippen molar-refractivity contribution in [3.05, 3.63) is 29.3 Å². The van der Waals surface area contributed by atoms with Crippen molar-refractivity contribution in [2.24, 2.45) is 11.7 Å². The predicted molar refractivity (Wildman–Crippen MR) is 66.3 cm³/mol. The van der Waals surface area contributed by atoms with Crippen LogP contribution in [0, 0.1) is 17.6 Å². The van der Waals surface area contributed by atoms with Crippen LogP contribution in [0.4, 0.5) is 14.5 Å². The minimum absolute atomic E-state index is 0.0157. The lowest BCUT2D eigenvalue weighted by molar-refractivity contribution is 0.0968. The summed E-state index contributed by atoms with van der Waals surface area (Å²) in [6, 6.07) is 3.08. The molecule has 0 aromatic heterocycles. The molecule has 2 rings (SSSR count). The third-order valence-corrected chi connectivity index (χ3v) is 3.56. The number of nitrogens with zero attached hydrogens (tertiary/aromatic N) is 1. The van der Waals surface area contributed by atoms with E-state index in [4.69, 9.17) is 5.73 Å². The number of hydrogen-bond acceptors (Lipinski definition) is 3. The lowest BCUT2D eigenvalue weighted by Crippen LogP contribution is -2.42. The van der Waals surface area contributed by atoms with E-state index in [9.17, 15) is 13.9 Å². The quantitative estimate of drug-likeness (QED) is 0.845. The van der Waals surface area contributed by atoms with Crippen LogP contribution in [0.15, 0.2) is 12.1 Å². The number of hydrogen-bond donors (Lipinski definition) is 2. The van der Waals surface area contributed by atoms with E-state index >= 15 is 0 Å². The number of aliphatic hydroxyl groups excluding tert-OH is 1. The highest BCUT2D eigenvalue weighted by atomic mass is 19.2. The molecule has 0 amide bonds. The molecule has 3 nitrogen and oxygen atoms in total. The third kappa shape index (κ3) is 2.33. The Balaban J connectivity index is 2.26. The second kappa shape index (κ2) is 5.20. The predicted octanol–water partition coefficient (Wildman–Crippen LogP) is 1.63. The van der Waals surface area contributed by atoms with Gasteiger partial charge < -0.3 is 15.7 Å². The van der Waals surface area contributed by atoms with Crippen molar-refractivity contribution < 1.29 is 13.9 Å². The van der Waals surface area contributed by atoms with Gasteiger partial charge in [0.25, 0.3) is 0 Å². The summed E-state index contributed by atoms with van der Waals surface area (Å²) in [6.45, 7) is 2.95. The standard InChI is InChI=1S/C13H18F2N2O/c1-8-7-17(5-4-11(8)18)10-3-2-9(6-16)12(14)13(10)15/h2-3,8,11,18H,4-7,16H2,1H3. The van der Waals surface area contributed by atoms with E-state index in [0.717, 1.165) is 0 Å². The number of anilines is 1. The molecule has 0 saturated carbocycles. The Bertz CT molecular complexity index is 439.